The zero-order valence-corrected chi connectivity index (χ0v) is 16.2. The number of nitro benzene ring substituents is 1. The molecule has 0 bridgehead atoms. The molecular formula is C19H17N5O4S. The summed E-state index contributed by atoms with van der Waals surface area (Å²) in [5.41, 5.74) is 1.49. The lowest BCUT2D eigenvalue weighted by atomic mass is 10.1. The van der Waals surface area contributed by atoms with Crippen LogP contribution in [0.5, 0.6) is 0 Å². The molecule has 2 aromatic carbocycles. The number of carbonyl (C=O) groups is 2. The van der Waals surface area contributed by atoms with Crippen LogP contribution in [0.4, 0.5) is 10.8 Å². The number of benzene rings is 2. The molecule has 0 radical (unpaired) electrons. The molecule has 0 aliphatic heterocycles. The van der Waals surface area contributed by atoms with Gasteiger partial charge in [-0.2, -0.15) is 0 Å². The molecule has 0 saturated heterocycles. The van der Waals surface area contributed by atoms with Crippen LogP contribution < -0.4 is 10.6 Å². The molecule has 0 atom stereocenters. The molecule has 1 heterocycles. The summed E-state index contributed by atoms with van der Waals surface area (Å²) in [6.07, 6.45) is 0.608. The Morgan fingerprint density at radius 3 is 2.62 bits per heavy atom. The first-order valence-electron chi connectivity index (χ1n) is 8.62. The molecule has 2 amide bonds. The Morgan fingerprint density at radius 2 is 1.90 bits per heavy atom. The molecule has 9 nitrogen and oxygen atoms in total. The van der Waals surface area contributed by atoms with Gasteiger partial charge in [0.05, 0.1) is 11.5 Å². The highest BCUT2D eigenvalue weighted by Crippen LogP contribution is 2.20. The average molecular weight is 411 g/mol. The number of carbonyl (C=O) groups excluding carboxylic acids is 2. The van der Waals surface area contributed by atoms with Gasteiger partial charge in [0.1, 0.15) is 5.01 Å². The second kappa shape index (κ2) is 9.02. The van der Waals surface area contributed by atoms with Crippen molar-refractivity contribution in [2.75, 3.05) is 11.9 Å². The first kappa shape index (κ1) is 20.1. The number of nitrogens with zero attached hydrogens (tertiary/aromatic N) is 3. The van der Waals surface area contributed by atoms with Crippen LogP contribution in [0, 0.1) is 17.0 Å². The number of amides is 2. The number of hydrogen-bond acceptors (Lipinski definition) is 7. The highest BCUT2D eigenvalue weighted by atomic mass is 32.1. The van der Waals surface area contributed by atoms with Crippen LogP contribution in [0.1, 0.15) is 26.5 Å². The Bertz CT molecular complexity index is 1050. The van der Waals surface area contributed by atoms with Gasteiger partial charge >= 0.3 is 0 Å². The SMILES string of the molecule is Cc1ccc(C(=O)NCC(=O)Nc2nnc(Cc3ccccc3)s2)cc1[N+](=O)[O-]. The van der Waals surface area contributed by atoms with Gasteiger partial charge in [-0.15, -0.1) is 10.2 Å². The minimum Gasteiger partial charge on any atom is -0.343 e. The Kier molecular flexibility index (Phi) is 6.25. The zero-order valence-electron chi connectivity index (χ0n) is 15.4. The number of aryl methyl sites for hydroxylation is 1. The molecule has 0 aliphatic rings. The van der Waals surface area contributed by atoms with Crippen molar-refractivity contribution in [3.8, 4) is 0 Å². The smallest absolute Gasteiger partial charge is 0.273 e. The van der Waals surface area contributed by atoms with E-state index in [-0.39, 0.29) is 17.8 Å². The topological polar surface area (TPSA) is 127 Å². The first-order chi connectivity index (χ1) is 13.9. The fourth-order valence-corrected chi connectivity index (χ4v) is 3.31. The van der Waals surface area contributed by atoms with Crippen LogP contribution in [0.25, 0.3) is 0 Å². The molecule has 0 fully saturated rings. The van der Waals surface area contributed by atoms with Crippen LogP contribution in [0.3, 0.4) is 0 Å². The van der Waals surface area contributed by atoms with Gasteiger partial charge in [0.15, 0.2) is 0 Å². The number of nitro groups is 1. The molecule has 148 valence electrons. The maximum Gasteiger partial charge on any atom is 0.273 e. The summed E-state index contributed by atoms with van der Waals surface area (Å²) in [6, 6.07) is 13.9. The van der Waals surface area contributed by atoms with Crippen molar-refractivity contribution < 1.29 is 14.5 Å². The monoisotopic (exact) mass is 411 g/mol. The molecule has 0 spiro atoms. The molecular weight excluding hydrogens is 394 g/mol. The lowest BCUT2D eigenvalue weighted by molar-refractivity contribution is -0.385. The van der Waals surface area contributed by atoms with E-state index in [2.05, 4.69) is 20.8 Å². The van der Waals surface area contributed by atoms with E-state index in [1.165, 1.54) is 29.5 Å². The Balaban J connectivity index is 1.53. The van der Waals surface area contributed by atoms with E-state index in [0.29, 0.717) is 17.1 Å². The van der Waals surface area contributed by atoms with Gasteiger partial charge in [0, 0.05) is 23.6 Å². The van der Waals surface area contributed by atoms with Crippen LogP contribution in [0.15, 0.2) is 48.5 Å². The van der Waals surface area contributed by atoms with Crippen molar-refractivity contribution in [2.45, 2.75) is 13.3 Å². The standard InChI is InChI=1S/C19H17N5O4S/c1-12-7-8-14(10-15(12)24(27)28)18(26)20-11-16(25)21-19-23-22-17(29-19)9-13-5-3-2-4-6-13/h2-8,10H,9,11H2,1H3,(H,20,26)(H,21,23,25). The van der Waals surface area contributed by atoms with Gasteiger partial charge in [-0.25, -0.2) is 0 Å². The number of rotatable bonds is 7. The summed E-state index contributed by atoms with van der Waals surface area (Å²) in [5, 5.41) is 25.1. The molecule has 1 aromatic heterocycles. The van der Waals surface area contributed by atoms with E-state index in [0.717, 1.165) is 10.6 Å². The third kappa shape index (κ3) is 5.42. The molecule has 0 aliphatic carbocycles. The molecule has 0 unspecified atom stereocenters. The third-order valence-corrected chi connectivity index (χ3v) is 4.83. The van der Waals surface area contributed by atoms with Crippen LogP contribution >= 0.6 is 11.3 Å². The first-order valence-corrected chi connectivity index (χ1v) is 9.43. The predicted octanol–water partition coefficient (Wildman–Crippen LogP) is 2.71. The molecule has 3 rings (SSSR count). The second-order valence-corrected chi connectivity index (χ2v) is 7.21. The fraction of sp³-hybridized carbons (Fsp3) is 0.158. The minimum atomic E-state index is -0.578. The maximum atomic E-state index is 12.2. The van der Waals surface area contributed by atoms with Crippen molar-refractivity contribution in [3.05, 3.63) is 80.3 Å². The van der Waals surface area contributed by atoms with Crippen LogP contribution in [-0.4, -0.2) is 33.5 Å². The fourth-order valence-electron chi connectivity index (χ4n) is 2.52. The largest absolute Gasteiger partial charge is 0.343 e. The Morgan fingerprint density at radius 1 is 1.14 bits per heavy atom. The van der Waals surface area contributed by atoms with Crippen molar-refractivity contribution in [2.24, 2.45) is 0 Å². The number of hydrogen-bond donors (Lipinski definition) is 2. The molecule has 29 heavy (non-hydrogen) atoms. The van der Waals surface area contributed by atoms with Crippen LogP contribution in [-0.2, 0) is 11.2 Å². The highest BCUT2D eigenvalue weighted by molar-refractivity contribution is 7.15. The van der Waals surface area contributed by atoms with E-state index in [4.69, 9.17) is 0 Å². The minimum absolute atomic E-state index is 0.108. The zero-order chi connectivity index (χ0) is 20.8. The summed E-state index contributed by atoms with van der Waals surface area (Å²) in [7, 11) is 0. The van der Waals surface area contributed by atoms with Gasteiger partial charge in [0.2, 0.25) is 11.0 Å². The van der Waals surface area contributed by atoms with Gasteiger partial charge in [-0.1, -0.05) is 47.7 Å². The lowest BCUT2D eigenvalue weighted by Crippen LogP contribution is -2.32. The average Bonchev–Trinajstić information content (AvgIpc) is 3.13. The highest BCUT2D eigenvalue weighted by Gasteiger charge is 2.16. The number of anilines is 1. The Hall–Kier alpha value is -3.66. The molecule has 0 saturated carbocycles. The Labute approximate surface area is 169 Å². The van der Waals surface area contributed by atoms with Gasteiger partial charge in [-0.05, 0) is 18.6 Å². The molecule has 10 heteroatoms. The van der Waals surface area contributed by atoms with Gasteiger partial charge < -0.3 is 5.32 Å². The normalized spacial score (nSPS) is 10.4. The summed E-state index contributed by atoms with van der Waals surface area (Å²) >= 11 is 1.25. The quantitative estimate of drug-likeness (QED) is 0.455. The van der Waals surface area contributed by atoms with Crippen LogP contribution in [0.2, 0.25) is 0 Å². The molecule has 2 N–H and O–H groups in total. The summed E-state index contributed by atoms with van der Waals surface area (Å²) < 4.78 is 0. The second-order valence-electron chi connectivity index (χ2n) is 6.15. The maximum absolute atomic E-state index is 12.2. The van der Waals surface area contributed by atoms with Crippen molar-refractivity contribution in [1.82, 2.24) is 15.5 Å². The number of aromatic nitrogens is 2. The summed E-state index contributed by atoms with van der Waals surface area (Å²) in [5.74, 6) is -1.05. The number of nitrogens with one attached hydrogen (secondary N) is 2. The van der Waals surface area contributed by atoms with Crippen molar-refractivity contribution in [3.63, 3.8) is 0 Å². The van der Waals surface area contributed by atoms with E-state index >= 15 is 0 Å². The van der Waals surface area contributed by atoms with Crippen molar-refractivity contribution >= 4 is 34.0 Å². The van der Waals surface area contributed by atoms with Gasteiger partial charge in [0.25, 0.3) is 11.6 Å². The van der Waals surface area contributed by atoms with E-state index in [1.807, 2.05) is 30.3 Å². The third-order valence-electron chi connectivity index (χ3n) is 3.99. The van der Waals surface area contributed by atoms with Crippen molar-refractivity contribution in [1.29, 1.82) is 0 Å². The summed E-state index contributed by atoms with van der Waals surface area (Å²) in [6.45, 7) is 1.29. The van der Waals surface area contributed by atoms with E-state index in [1.54, 1.807) is 6.92 Å². The predicted molar refractivity (Wildman–Crippen MR) is 108 cm³/mol. The van der Waals surface area contributed by atoms with E-state index in [9.17, 15) is 19.7 Å². The summed E-state index contributed by atoms with van der Waals surface area (Å²) in [4.78, 5) is 34.6. The molecule has 3 aromatic rings. The lowest BCUT2D eigenvalue weighted by Gasteiger charge is -2.05. The van der Waals surface area contributed by atoms with Gasteiger partial charge in [-0.3, -0.25) is 25.0 Å². The van der Waals surface area contributed by atoms with E-state index < -0.39 is 16.7 Å².